The maximum atomic E-state index is 11.2. The number of nitro benzene ring substituents is 2. The first-order chi connectivity index (χ1) is 12.5. The van der Waals surface area contributed by atoms with Gasteiger partial charge in [0.1, 0.15) is 6.17 Å². The number of benzene rings is 3. The van der Waals surface area contributed by atoms with Crippen LogP contribution in [0.1, 0.15) is 11.7 Å². The molecule has 0 saturated carbocycles. The van der Waals surface area contributed by atoms with E-state index in [0.717, 1.165) is 34.3 Å². The molecule has 0 saturated heterocycles. The Morgan fingerprint density at radius 2 is 1.38 bits per heavy atom. The van der Waals surface area contributed by atoms with Gasteiger partial charge in [0.15, 0.2) is 0 Å². The molecule has 26 heavy (non-hydrogen) atoms. The standard InChI is InChI=1S/C17H12N4O5/c22-16-13(20(23)24)7-10(8-14(16)21(25)26)17-18-11-5-1-3-9-4-2-6-12(19-17)15(9)11/h1-8,17-19,22H. The van der Waals surface area contributed by atoms with Crippen LogP contribution in [-0.4, -0.2) is 15.0 Å². The molecule has 3 aromatic rings. The number of phenols is 1. The van der Waals surface area contributed by atoms with Crippen LogP contribution in [0, 0.1) is 20.2 Å². The lowest BCUT2D eigenvalue weighted by Crippen LogP contribution is -2.23. The molecule has 1 heterocycles. The Morgan fingerprint density at radius 1 is 0.885 bits per heavy atom. The van der Waals surface area contributed by atoms with Crippen molar-refractivity contribution in [3.8, 4) is 5.75 Å². The highest BCUT2D eigenvalue weighted by Crippen LogP contribution is 2.42. The summed E-state index contributed by atoms with van der Waals surface area (Å²) in [7, 11) is 0. The monoisotopic (exact) mass is 352 g/mol. The average molecular weight is 352 g/mol. The van der Waals surface area contributed by atoms with E-state index in [1.165, 1.54) is 0 Å². The van der Waals surface area contributed by atoms with Gasteiger partial charge in [-0.05, 0) is 17.5 Å². The van der Waals surface area contributed by atoms with Gasteiger partial charge in [-0.3, -0.25) is 20.2 Å². The number of nitrogens with zero attached hydrogens (tertiary/aromatic N) is 2. The highest BCUT2D eigenvalue weighted by Gasteiger charge is 2.30. The minimum absolute atomic E-state index is 0.271. The van der Waals surface area contributed by atoms with Crippen molar-refractivity contribution in [3.63, 3.8) is 0 Å². The summed E-state index contributed by atoms with van der Waals surface area (Å²) in [5.41, 5.74) is 0.456. The molecule has 3 aromatic carbocycles. The fourth-order valence-corrected chi connectivity index (χ4v) is 3.17. The second kappa shape index (κ2) is 5.59. The molecule has 0 spiro atoms. The zero-order chi connectivity index (χ0) is 18.4. The first kappa shape index (κ1) is 15.6. The summed E-state index contributed by atoms with van der Waals surface area (Å²) in [6, 6.07) is 13.6. The fourth-order valence-electron chi connectivity index (χ4n) is 3.17. The molecule has 3 N–H and O–H groups in total. The van der Waals surface area contributed by atoms with Crippen LogP contribution >= 0.6 is 0 Å². The summed E-state index contributed by atoms with van der Waals surface area (Å²) in [6.45, 7) is 0. The molecule has 0 bridgehead atoms. The summed E-state index contributed by atoms with van der Waals surface area (Å²) in [5, 5.41) is 40.5. The van der Waals surface area contributed by atoms with Crippen molar-refractivity contribution in [2.24, 2.45) is 0 Å². The molecule has 1 aliphatic rings. The summed E-state index contributed by atoms with van der Waals surface area (Å²) in [6.07, 6.45) is -0.631. The van der Waals surface area contributed by atoms with Crippen LogP contribution in [0.4, 0.5) is 22.7 Å². The third kappa shape index (κ3) is 2.34. The van der Waals surface area contributed by atoms with Crippen LogP contribution in [0.3, 0.4) is 0 Å². The second-order valence-corrected chi connectivity index (χ2v) is 5.85. The van der Waals surface area contributed by atoms with E-state index < -0.39 is 33.1 Å². The maximum Gasteiger partial charge on any atom is 0.318 e. The molecule has 0 aromatic heterocycles. The van der Waals surface area contributed by atoms with E-state index in [1.807, 2.05) is 36.4 Å². The lowest BCUT2D eigenvalue weighted by atomic mass is 10.0. The first-order valence-corrected chi connectivity index (χ1v) is 7.66. The van der Waals surface area contributed by atoms with Crippen LogP contribution in [0.5, 0.6) is 5.75 Å². The number of aromatic hydroxyl groups is 1. The lowest BCUT2D eigenvalue weighted by molar-refractivity contribution is -0.396. The molecule has 0 atom stereocenters. The van der Waals surface area contributed by atoms with Crippen molar-refractivity contribution in [3.05, 3.63) is 74.3 Å². The molecule has 9 nitrogen and oxygen atoms in total. The average Bonchev–Trinajstić information content (AvgIpc) is 2.61. The number of hydrogen-bond acceptors (Lipinski definition) is 7. The molecule has 0 fully saturated rings. The van der Waals surface area contributed by atoms with E-state index >= 15 is 0 Å². The predicted octanol–water partition coefficient (Wildman–Crippen LogP) is 3.90. The minimum atomic E-state index is -0.956. The van der Waals surface area contributed by atoms with Crippen LogP contribution in [0.15, 0.2) is 48.5 Å². The predicted molar refractivity (Wildman–Crippen MR) is 95.4 cm³/mol. The van der Waals surface area contributed by atoms with E-state index in [-0.39, 0.29) is 5.56 Å². The zero-order valence-electron chi connectivity index (χ0n) is 13.2. The normalized spacial score (nSPS) is 13.1. The third-order valence-electron chi connectivity index (χ3n) is 4.32. The Morgan fingerprint density at radius 3 is 1.85 bits per heavy atom. The van der Waals surface area contributed by atoms with Gasteiger partial charge in [-0.1, -0.05) is 24.3 Å². The highest BCUT2D eigenvalue weighted by atomic mass is 16.6. The SMILES string of the molecule is O=[N+]([O-])c1cc(C2Nc3cccc4cccc(c34)N2)cc([N+](=O)[O-])c1O. The molecule has 0 amide bonds. The number of rotatable bonds is 3. The number of hydrogen-bond donors (Lipinski definition) is 3. The van der Waals surface area contributed by atoms with Crippen LogP contribution in [0.2, 0.25) is 0 Å². The van der Waals surface area contributed by atoms with Gasteiger partial charge in [-0.25, -0.2) is 0 Å². The molecule has 1 aliphatic heterocycles. The Labute approximate surface area is 146 Å². The van der Waals surface area contributed by atoms with Gasteiger partial charge in [0.2, 0.25) is 0 Å². The third-order valence-corrected chi connectivity index (χ3v) is 4.32. The maximum absolute atomic E-state index is 11.2. The molecule has 0 unspecified atom stereocenters. The van der Waals surface area contributed by atoms with Crippen molar-refractivity contribution < 1.29 is 15.0 Å². The summed E-state index contributed by atoms with van der Waals surface area (Å²) in [5.74, 6) is -0.956. The molecule has 130 valence electrons. The van der Waals surface area contributed by atoms with Crippen LogP contribution in [-0.2, 0) is 0 Å². The van der Waals surface area contributed by atoms with Crippen LogP contribution in [0.25, 0.3) is 10.8 Å². The lowest BCUT2D eigenvalue weighted by Gasteiger charge is -2.29. The smallest absolute Gasteiger partial charge is 0.318 e. The van der Waals surface area contributed by atoms with Gasteiger partial charge in [-0.15, -0.1) is 0 Å². The van der Waals surface area contributed by atoms with Crippen molar-refractivity contribution in [2.45, 2.75) is 6.17 Å². The van der Waals surface area contributed by atoms with Crippen molar-refractivity contribution in [1.82, 2.24) is 0 Å². The first-order valence-electron chi connectivity index (χ1n) is 7.66. The summed E-state index contributed by atoms with van der Waals surface area (Å²) >= 11 is 0. The van der Waals surface area contributed by atoms with Crippen molar-refractivity contribution in [2.75, 3.05) is 10.6 Å². The largest absolute Gasteiger partial charge is 0.497 e. The highest BCUT2D eigenvalue weighted by molar-refractivity contribution is 6.04. The molecular formula is C17H12N4O5. The Bertz CT molecular complexity index is 1010. The Balaban J connectivity index is 1.84. The molecule has 0 aliphatic carbocycles. The fraction of sp³-hybridized carbons (Fsp3) is 0.0588. The number of anilines is 2. The molecule has 0 radical (unpaired) electrons. The topological polar surface area (TPSA) is 131 Å². The van der Waals surface area contributed by atoms with Gasteiger partial charge < -0.3 is 15.7 Å². The number of phenolic OH excluding ortho intramolecular Hbond substituents is 1. The number of nitro groups is 2. The molecule has 9 heteroatoms. The van der Waals surface area contributed by atoms with Crippen molar-refractivity contribution in [1.29, 1.82) is 0 Å². The summed E-state index contributed by atoms with van der Waals surface area (Å²) in [4.78, 5) is 20.6. The van der Waals surface area contributed by atoms with Gasteiger partial charge in [0, 0.05) is 34.5 Å². The Kier molecular flexibility index (Phi) is 3.36. The van der Waals surface area contributed by atoms with Gasteiger partial charge in [-0.2, -0.15) is 0 Å². The van der Waals surface area contributed by atoms with E-state index in [1.54, 1.807) is 0 Å². The van der Waals surface area contributed by atoms with E-state index in [0.29, 0.717) is 0 Å². The Hall–Kier alpha value is -3.88. The van der Waals surface area contributed by atoms with Gasteiger partial charge in [0.25, 0.3) is 5.75 Å². The minimum Gasteiger partial charge on any atom is -0.497 e. The van der Waals surface area contributed by atoms with Crippen LogP contribution < -0.4 is 10.6 Å². The van der Waals surface area contributed by atoms with Gasteiger partial charge in [0.05, 0.1) is 9.85 Å². The number of nitrogens with one attached hydrogen (secondary N) is 2. The van der Waals surface area contributed by atoms with E-state index in [4.69, 9.17) is 0 Å². The van der Waals surface area contributed by atoms with E-state index in [2.05, 4.69) is 10.6 Å². The zero-order valence-corrected chi connectivity index (χ0v) is 13.2. The summed E-state index contributed by atoms with van der Waals surface area (Å²) < 4.78 is 0. The van der Waals surface area contributed by atoms with E-state index in [9.17, 15) is 25.3 Å². The molecule has 4 rings (SSSR count). The second-order valence-electron chi connectivity index (χ2n) is 5.85. The van der Waals surface area contributed by atoms with Gasteiger partial charge >= 0.3 is 11.4 Å². The molecular weight excluding hydrogens is 340 g/mol. The quantitative estimate of drug-likeness (QED) is 0.481. The van der Waals surface area contributed by atoms with Crippen molar-refractivity contribution >= 4 is 33.5 Å².